The molecule has 5 N–H and O–H groups in total. The van der Waals surface area contributed by atoms with Crippen molar-refractivity contribution in [2.24, 2.45) is 5.50 Å². The molecule has 0 aromatic rings. The summed E-state index contributed by atoms with van der Waals surface area (Å²) >= 11 is 0. The summed E-state index contributed by atoms with van der Waals surface area (Å²) in [6.45, 7) is 4.85. The average Bonchev–Trinajstić information content (AvgIpc) is 2.25. The van der Waals surface area contributed by atoms with Crippen LogP contribution in [-0.2, 0) is 24.4 Å². The Morgan fingerprint density at radius 3 is 2.52 bits per heavy atom. The standard InChI is InChI=1S/C10H21N4O7PS/c1-10(2,3)21-9(16)12-7-5-4-6-14(8(7)15)22(11,17)13-23(18,19)20/h7H,4-6H2,1-3H3,(H,12,16)(H3,11,13,17)(H,18,19,20)/t7-,22?/m1/s1. The Kier molecular flexibility index (Phi) is 5.81. The first-order valence-electron chi connectivity index (χ1n) is 6.68. The molecule has 0 aromatic carbocycles. The highest BCUT2D eigenvalue weighted by atomic mass is 32.2. The maximum atomic E-state index is 12.2. The number of nitrogens with two attached hydrogens (primary N) is 1. The van der Waals surface area contributed by atoms with E-state index in [4.69, 9.17) is 14.8 Å². The lowest BCUT2D eigenvalue weighted by Crippen LogP contribution is -2.54. The Bertz CT molecular complexity index is 630. The zero-order chi connectivity index (χ0) is 18.1. The van der Waals surface area contributed by atoms with Crippen molar-refractivity contribution in [2.45, 2.75) is 45.3 Å². The Morgan fingerprint density at radius 2 is 2.04 bits per heavy atom. The highest BCUT2D eigenvalue weighted by molar-refractivity contribution is 7.90. The predicted molar refractivity (Wildman–Crippen MR) is 80.6 cm³/mol. The van der Waals surface area contributed by atoms with Crippen LogP contribution < -0.4 is 15.3 Å². The number of alkyl carbamates (subject to hydrolysis) is 1. The SMILES string of the molecule is CC(C)(C)OC(=O)N[C@@H]1CCCN(P(N)(=O)NS(=O)(=O)O)C1=O. The number of nitrogens with one attached hydrogen (secondary N) is 2. The first-order valence-corrected chi connectivity index (χ1v) is 9.85. The molecule has 2 atom stereocenters. The molecular formula is C10H21N4O7PS. The normalized spacial score (nSPS) is 22.4. The van der Waals surface area contributed by atoms with Gasteiger partial charge in [0.2, 0.25) is 0 Å². The van der Waals surface area contributed by atoms with Gasteiger partial charge in [-0.15, -0.1) is 4.49 Å². The Balaban J connectivity index is 2.83. The molecule has 0 bridgehead atoms. The molecule has 2 amide bonds. The van der Waals surface area contributed by atoms with Crippen LogP contribution in [0.3, 0.4) is 0 Å². The van der Waals surface area contributed by atoms with Gasteiger partial charge in [0.05, 0.1) is 0 Å². The Hall–Kier alpha value is -1.20. The summed E-state index contributed by atoms with van der Waals surface area (Å²) in [6.07, 6.45) is -0.270. The predicted octanol–water partition coefficient (Wildman–Crippen LogP) is -0.0387. The van der Waals surface area contributed by atoms with Crippen molar-refractivity contribution in [3.05, 3.63) is 0 Å². The molecule has 134 valence electrons. The molecule has 1 aliphatic heterocycles. The quantitative estimate of drug-likeness (QED) is 0.394. The third kappa shape index (κ3) is 6.43. The number of hydrogen-bond acceptors (Lipinski definition) is 6. The fourth-order valence-corrected chi connectivity index (χ4v) is 4.54. The number of hydrogen-bond donors (Lipinski definition) is 4. The zero-order valence-electron chi connectivity index (χ0n) is 13.0. The zero-order valence-corrected chi connectivity index (χ0v) is 14.7. The molecule has 23 heavy (non-hydrogen) atoms. The summed E-state index contributed by atoms with van der Waals surface area (Å²) in [7, 11) is -9.23. The molecule has 1 saturated heterocycles. The van der Waals surface area contributed by atoms with Crippen LogP contribution in [0, 0.1) is 0 Å². The van der Waals surface area contributed by atoms with Crippen LogP contribution in [0.5, 0.6) is 0 Å². The molecule has 0 radical (unpaired) electrons. The smallest absolute Gasteiger partial charge is 0.408 e. The van der Waals surface area contributed by atoms with Crippen molar-refractivity contribution in [2.75, 3.05) is 6.54 Å². The van der Waals surface area contributed by atoms with Crippen LogP contribution in [0.2, 0.25) is 0 Å². The number of rotatable bonds is 4. The molecule has 1 fully saturated rings. The maximum Gasteiger partial charge on any atom is 0.408 e. The van der Waals surface area contributed by atoms with Crippen LogP contribution in [0.25, 0.3) is 0 Å². The van der Waals surface area contributed by atoms with E-state index in [-0.39, 0.29) is 13.0 Å². The topological polar surface area (TPSA) is 168 Å². The van der Waals surface area contributed by atoms with E-state index < -0.39 is 41.5 Å². The Morgan fingerprint density at radius 1 is 1.48 bits per heavy atom. The van der Waals surface area contributed by atoms with E-state index in [1.165, 1.54) is 4.49 Å². The fourth-order valence-electron chi connectivity index (χ4n) is 1.95. The summed E-state index contributed by atoms with van der Waals surface area (Å²) in [5, 5.41) is 2.32. The van der Waals surface area contributed by atoms with Crippen molar-refractivity contribution in [1.82, 2.24) is 14.5 Å². The van der Waals surface area contributed by atoms with Gasteiger partial charge in [-0.3, -0.25) is 24.1 Å². The van der Waals surface area contributed by atoms with Crippen molar-refractivity contribution < 1.29 is 31.9 Å². The molecule has 0 saturated carbocycles. The third-order valence-corrected chi connectivity index (χ3v) is 5.79. The van der Waals surface area contributed by atoms with Crippen molar-refractivity contribution in [1.29, 1.82) is 0 Å². The lowest BCUT2D eigenvalue weighted by molar-refractivity contribution is -0.130. The minimum Gasteiger partial charge on any atom is -0.444 e. The number of ether oxygens (including phenoxy) is 1. The van der Waals surface area contributed by atoms with E-state index in [2.05, 4.69) is 5.32 Å². The van der Waals surface area contributed by atoms with Crippen LogP contribution >= 0.6 is 7.59 Å². The summed E-state index contributed by atoms with van der Waals surface area (Å²) < 4.78 is 49.3. The van der Waals surface area contributed by atoms with E-state index in [1.54, 1.807) is 20.8 Å². The second-order valence-electron chi connectivity index (χ2n) is 5.99. The fraction of sp³-hybridized carbons (Fsp3) is 0.800. The summed E-state index contributed by atoms with van der Waals surface area (Å²) in [6, 6.07) is -1.06. The number of piperidine rings is 1. The van der Waals surface area contributed by atoms with Gasteiger partial charge in [-0.2, -0.15) is 8.42 Å². The van der Waals surface area contributed by atoms with Gasteiger partial charge >= 0.3 is 24.0 Å². The molecule has 0 spiro atoms. The number of carbonyl (C=O) groups is 2. The van der Waals surface area contributed by atoms with Gasteiger partial charge in [0, 0.05) is 6.54 Å². The lowest BCUT2D eigenvalue weighted by Gasteiger charge is -2.35. The molecule has 1 aliphatic rings. The molecule has 1 heterocycles. The van der Waals surface area contributed by atoms with Gasteiger partial charge in [-0.25, -0.2) is 4.79 Å². The number of amides is 2. The van der Waals surface area contributed by atoms with Crippen LogP contribution in [0.1, 0.15) is 33.6 Å². The summed E-state index contributed by atoms with van der Waals surface area (Å²) in [5.74, 6) is -0.830. The van der Waals surface area contributed by atoms with Crippen LogP contribution in [-0.4, -0.2) is 47.8 Å². The molecular weight excluding hydrogens is 351 g/mol. The molecule has 11 nitrogen and oxygen atoms in total. The minimum absolute atomic E-state index is 0.0817. The molecule has 0 aromatic heterocycles. The van der Waals surface area contributed by atoms with E-state index >= 15 is 0 Å². The number of nitrogens with zero attached hydrogens (tertiary/aromatic N) is 1. The van der Waals surface area contributed by atoms with E-state index in [9.17, 15) is 22.6 Å². The van der Waals surface area contributed by atoms with E-state index in [0.29, 0.717) is 11.1 Å². The molecule has 1 unspecified atom stereocenters. The second kappa shape index (κ2) is 6.73. The first-order chi connectivity index (χ1) is 10.2. The van der Waals surface area contributed by atoms with E-state index in [0.717, 1.165) is 0 Å². The van der Waals surface area contributed by atoms with Gasteiger partial charge < -0.3 is 10.1 Å². The van der Waals surface area contributed by atoms with Gasteiger partial charge in [0.15, 0.2) is 0 Å². The second-order valence-corrected chi connectivity index (χ2v) is 9.40. The van der Waals surface area contributed by atoms with Crippen LogP contribution in [0.4, 0.5) is 4.79 Å². The van der Waals surface area contributed by atoms with Crippen molar-refractivity contribution >= 4 is 29.9 Å². The molecule has 0 aliphatic carbocycles. The van der Waals surface area contributed by atoms with E-state index in [1.807, 2.05) is 0 Å². The van der Waals surface area contributed by atoms with Gasteiger partial charge in [-0.1, -0.05) is 0 Å². The monoisotopic (exact) mass is 372 g/mol. The van der Waals surface area contributed by atoms with Gasteiger partial charge in [0.25, 0.3) is 5.91 Å². The third-order valence-electron chi connectivity index (χ3n) is 2.71. The largest absolute Gasteiger partial charge is 0.444 e. The molecule has 13 heteroatoms. The van der Waals surface area contributed by atoms with Crippen molar-refractivity contribution in [3.63, 3.8) is 0 Å². The number of carbonyl (C=O) groups excluding carboxylic acids is 2. The highest BCUT2D eigenvalue weighted by Gasteiger charge is 2.40. The van der Waals surface area contributed by atoms with Gasteiger partial charge in [-0.05, 0) is 33.6 Å². The van der Waals surface area contributed by atoms with Crippen LogP contribution in [0.15, 0.2) is 0 Å². The summed E-state index contributed by atoms with van der Waals surface area (Å²) in [4.78, 5) is 23.9. The maximum absolute atomic E-state index is 12.2. The average molecular weight is 372 g/mol. The molecule has 1 rings (SSSR count). The van der Waals surface area contributed by atoms with Gasteiger partial charge in [0.1, 0.15) is 11.6 Å². The highest BCUT2D eigenvalue weighted by Crippen LogP contribution is 2.40. The summed E-state index contributed by atoms with van der Waals surface area (Å²) in [5.41, 5.74) is 4.56. The van der Waals surface area contributed by atoms with Crippen molar-refractivity contribution in [3.8, 4) is 0 Å². The minimum atomic E-state index is -4.86. The lowest BCUT2D eigenvalue weighted by atomic mass is 10.1. The first kappa shape index (κ1) is 19.8. The Labute approximate surface area is 134 Å².